The number of nitrogens with zero attached hydrogens (tertiary/aromatic N) is 2. The molecule has 0 saturated carbocycles. The Morgan fingerprint density at radius 2 is 2.26 bits per heavy atom. The Morgan fingerprint density at radius 1 is 1.42 bits per heavy atom. The number of nitrogens with one attached hydrogen (secondary N) is 3. The van der Waals surface area contributed by atoms with Crippen LogP contribution in [-0.4, -0.2) is 35.0 Å². The maximum atomic E-state index is 11.1. The van der Waals surface area contributed by atoms with E-state index < -0.39 is 0 Å². The molecule has 6 nitrogen and oxygen atoms in total. The predicted molar refractivity (Wildman–Crippen MR) is 75.2 cm³/mol. The molecule has 2 rings (SSSR count). The van der Waals surface area contributed by atoms with E-state index in [0.29, 0.717) is 18.9 Å². The van der Waals surface area contributed by atoms with Crippen LogP contribution < -0.4 is 16.0 Å². The van der Waals surface area contributed by atoms with Gasteiger partial charge in [0.2, 0.25) is 11.9 Å². The Hall–Kier alpha value is -1.85. The fourth-order valence-electron chi connectivity index (χ4n) is 2.03. The van der Waals surface area contributed by atoms with E-state index in [9.17, 15) is 4.79 Å². The van der Waals surface area contributed by atoms with Crippen molar-refractivity contribution in [2.24, 2.45) is 0 Å². The first-order valence-corrected chi connectivity index (χ1v) is 6.80. The molecule has 0 bridgehead atoms. The molecule has 19 heavy (non-hydrogen) atoms. The van der Waals surface area contributed by atoms with Gasteiger partial charge in [0, 0.05) is 37.3 Å². The predicted octanol–water partition coefficient (Wildman–Crippen LogP) is 1.30. The van der Waals surface area contributed by atoms with Crippen LogP contribution in [0.25, 0.3) is 0 Å². The maximum Gasteiger partial charge on any atom is 0.224 e. The van der Waals surface area contributed by atoms with Crippen LogP contribution in [0.1, 0.15) is 31.9 Å². The van der Waals surface area contributed by atoms with E-state index in [1.165, 1.54) is 0 Å². The van der Waals surface area contributed by atoms with Crippen LogP contribution >= 0.6 is 0 Å². The van der Waals surface area contributed by atoms with E-state index in [1.54, 1.807) is 0 Å². The molecule has 1 atom stereocenters. The first kappa shape index (κ1) is 13.6. The number of rotatable bonds is 6. The minimum absolute atomic E-state index is 0.135. The van der Waals surface area contributed by atoms with Gasteiger partial charge in [-0.2, -0.15) is 4.98 Å². The van der Waals surface area contributed by atoms with E-state index in [4.69, 9.17) is 0 Å². The summed E-state index contributed by atoms with van der Waals surface area (Å²) in [4.78, 5) is 19.9. The molecule has 1 amide bonds. The average molecular weight is 263 g/mol. The summed E-state index contributed by atoms with van der Waals surface area (Å²) in [6.45, 7) is 5.61. The van der Waals surface area contributed by atoms with Gasteiger partial charge < -0.3 is 16.0 Å². The molecule has 1 aromatic heterocycles. The molecule has 0 aliphatic carbocycles. The Labute approximate surface area is 113 Å². The minimum Gasteiger partial charge on any atom is -0.368 e. The third-order valence-corrected chi connectivity index (χ3v) is 3.00. The van der Waals surface area contributed by atoms with Gasteiger partial charge in [-0.1, -0.05) is 6.92 Å². The fraction of sp³-hybridized carbons (Fsp3) is 0.615. The zero-order valence-electron chi connectivity index (χ0n) is 11.5. The number of carbonyl (C=O) groups is 1. The summed E-state index contributed by atoms with van der Waals surface area (Å²) in [5.41, 5.74) is 0.923. The second-order valence-corrected chi connectivity index (χ2v) is 4.83. The monoisotopic (exact) mass is 263 g/mol. The molecule has 1 unspecified atom stereocenters. The molecule has 1 fully saturated rings. The minimum atomic E-state index is 0.135. The SMILES string of the molecule is CCCNc1nc(C)cc(NCC2CCC(=O)N2)n1. The highest BCUT2D eigenvalue weighted by Gasteiger charge is 2.20. The summed E-state index contributed by atoms with van der Waals surface area (Å²) in [6, 6.07) is 2.11. The second kappa shape index (κ2) is 6.36. The standard InChI is InChI=1S/C13H21N5O/c1-3-6-14-13-16-9(2)7-11(18-13)15-8-10-4-5-12(19)17-10/h7,10H,3-6,8H2,1-2H3,(H,17,19)(H2,14,15,16,18). The van der Waals surface area contributed by atoms with Crippen molar-refractivity contribution < 1.29 is 4.79 Å². The van der Waals surface area contributed by atoms with Crippen LogP contribution in [0, 0.1) is 6.92 Å². The van der Waals surface area contributed by atoms with Gasteiger partial charge in [-0.15, -0.1) is 0 Å². The number of carbonyl (C=O) groups excluding carboxylic acids is 1. The number of amides is 1. The molecular weight excluding hydrogens is 242 g/mol. The molecule has 0 radical (unpaired) electrons. The van der Waals surface area contributed by atoms with Crippen molar-refractivity contribution in [1.82, 2.24) is 15.3 Å². The van der Waals surface area contributed by atoms with Crippen LogP contribution in [0.5, 0.6) is 0 Å². The van der Waals surface area contributed by atoms with E-state index in [-0.39, 0.29) is 11.9 Å². The molecule has 1 aliphatic rings. The van der Waals surface area contributed by atoms with Crippen molar-refractivity contribution >= 4 is 17.7 Å². The van der Waals surface area contributed by atoms with Crippen molar-refractivity contribution in [1.29, 1.82) is 0 Å². The highest BCUT2D eigenvalue weighted by Crippen LogP contribution is 2.12. The molecule has 6 heteroatoms. The van der Waals surface area contributed by atoms with Gasteiger partial charge in [0.05, 0.1) is 0 Å². The lowest BCUT2D eigenvalue weighted by Crippen LogP contribution is -2.32. The van der Waals surface area contributed by atoms with Gasteiger partial charge in [0.1, 0.15) is 5.82 Å². The quantitative estimate of drug-likeness (QED) is 0.721. The summed E-state index contributed by atoms with van der Waals surface area (Å²) >= 11 is 0. The van der Waals surface area contributed by atoms with E-state index in [1.807, 2.05) is 13.0 Å². The largest absolute Gasteiger partial charge is 0.368 e. The summed E-state index contributed by atoms with van der Waals surface area (Å²) in [5, 5.41) is 9.36. The van der Waals surface area contributed by atoms with Crippen molar-refractivity contribution in [3.8, 4) is 0 Å². The third-order valence-electron chi connectivity index (χ3n) is 3.00. The maximum absolute atomic E-state index is 11.1. The molecule has 0 aromatic carbocycles. The summed E-state index contributed by atoms with van der Waals surface area (Å²) in [6.07, 6.45) is 2.55. The molecule has 2 heterocycles. The lowest BCUT2D eigenvalue weighted by atomic mass is 10.2. The molecule has 3 N–H and O–H groups in total. The summed E-state index contributed by atoms with van der Waals surface area (Å²) in [7, 11) is 0. The second-order valence-electron chi connectivity index (χ2n) is 4.83. The van der Waals surface area contributed by atoms with Crippen molar-refractivity contribution in [3.05, 3.63) is 11.8 Å². The molecule has 1 aliphatic heterocycles. The van der Waals surface area contributed by atoms with Crippen LogP contribution in [0.15, 0.2) is 6.07 Å². The number of aromatic nitrogens is 2. The van der Waals surface area contributed by atoms with Gasteiger partial charge >= 0.3 is 0 Å². The first-order valence-electron chi connectivity index (χ1n) is 6.80. The summed E-state index contributed by atoms with van der Waals surface area (Å²) in [5.74, 6) is 1.59. The van der Waals surface area contributed by atoms with Gasteiger partial charge in [0.15, 0.2) is 0 Å². The highest BCUT2D eigenvalue weighted by molar-refractivity contribution is 5.78. The summed E-state index contributed by atoms with van der Waals surface area (Å²) < 4.78 is 0. The molecular formula is C13H21N5O. The van der Waals surface area contributed by atoms with Gasteiger partial charge in [-0.25, -0.2) is 4.98 Å². The first-order chi connectivity index (χ1) is 9.17. The Kier molecular flexibility index (Phi) is 4.54. The van der Waals surface area contributed by atoms with E-state index >= 15 is 0 Å². The van der Waals surface area contributed by atoms with Gasteiger partial charge in [-0.3, -0.25) is 4.79 Å². The Bertz CT molecular complexity index is 449. The van der Waals surface area contributed by atoms with E-state index in [0.717, 1.165) is 30.9 Å². The van der Waals surface area contributed by atoms with E-state index in [2.05, 4.69) is 32.8 Å². The molecule has 1 saturated heterocycles. The molecule has 1 aromatic rings. The molecule has 0 spiro atoms. The number of anilines is 2. The molecule has 104 valence electrons. The Morgan fingerprint density at radius 3 is 2.95 bits per heavy atom. The van der Waals surface area contributed by atoms with Crippen LogP contribution in [0.3, 0.4) is 0 Å². The van der Waals surface area contributed by atoms with Crippen molar-refractivity contribution in [2.75, 3.05) is 23.7 Å². The number of hydrogen-bond donors (Lipinski definition) is 3. The third kappa shape index (κ3) is 4.08. The fourth-order valence-corrected chi connectivity index (χ4v) is 2.03. The lowest BCUT2D eigenvalue weighted by Gasteiger charge is -2.13. The number of hydrogen-bond acceptors (Lipinski definition) is 5. The van der Waals surface area contributed by atoms with Crippen LogP contribution in [0.2, 0.25) is 0 Å². The zero-order chi connectivity index (χ0) is 13.7. The average Bonchev–Trinajstić information content (AvgIpc) is 2.79. The van der Waals surface area contributed by atoms with Crippen LogP contribution in [-0.2, 0) is 4.79 Å². The van der Waals surface area contributed by atoms with Gasteiger partial charge in [-0.05, 0) is 19.8 Å². The lowest BCUT2D eigenvalue weighted by molar-refractivity contribution is -0.119. The normalized spacial score (nSPS) is 18.2. The van der Waals surface area contributed by atoms with Crippen molar-refractivity contribution in [3.63, 3.8) is 0 Å². The van der Waals surface area contributed by atoms with Gasteiger partial charge in [0.25, 0.3) is 0 Å². The number of aryl methyl sites for hydroxylation is 1. The van der Waals surface area contributed by atoms with Crippen LogP contribution in [0.4, 0.5) is 11.8 Å². The zero-order valence-corrected chi connectivity index (χ0v) is 11.5. The highest BCUT2D eigenvalue weighted by atomic mass is 16.1. The Balaban J connectivity index is 1.91. The smallest absolute Gasteiger partial charge is 0.224 e. The topological polar surface area (TPSA) is 78.9 Å². The van der Waals surface area contributed by atoms with Crippen molar-refractivity contribution in [2.45, 2.75) is 39.2 Å².